The molecule has 0 radical (unpaired) electrons. The van der Waals surface area contributed by atoms with Gasteiger partial charge in [0.05, 0.1) is 5.60 Å². The summed E-state index contributed by atoms with van der Waals surface area (Å²) in [5.74, 6) is -0.216. The second-order valence-electron chi connectivity index (χ2n) is 7.51. The maximum absolute atomic E-state index is 12.5. The average molecular weight is 380 g/mol. The second-order valence-corrected chi connectivity index (χ2v) is 7.51. The van der Waals surface area contributed by atoms with E-state index in [4.69, 9.17) is 0 Å². The van der Waals surface area contributed by atoms with Gasteiger partial charge in [0.1, 0.15) is 5.82 Å². The number of aliphatic hydroxyl groups is 1. The first-order valence-electron chi connectivity index (χ1n) is 9.68. The zero-order chi connectivity index (χ0) is 20.2. The van der Waals surface area contributed by atoms with E-state index in [0.29, 0.717) is 6.42 Å². The molecule has 3 heteroatoms. The third kappa shape index (κ3) is 9.45. The maximum atomic E-state index is 12.5. The van der Waals surface area contributed by atoms with Gasteiger partial charge in [-0.25, -0.2) is 4.39 Å². The van der Waals surface area contributed by atoms with Gasteiger partial charge in [0.25, 0.3) is 0 Å². The van der Waals surface area contributed by atoms with Crippen LogP contribution < -0.4 is 5.32 Å². The Labute approximate surface area is 168 Å². The van der Waals surface area contributed by atoms with Crippen molar-refractivity contribution >= 4 is 0 Å². The Balaban J connectivity index is 0.000000203. The maximum Gasteiger partial charge on any atom is 0.123 e. The Morgan fingerprint density at radius 3 is 1.61 bits per heavy atom. The third-order valence-corrected chi connectivity index (χ3v) is 4.28. The van der Waals surface area contributed by atoms with Crippen molar-refractivity contribution in [1.29, 1.82) is 0 Å². The molecular weight excluding hydrogens is 349 g/mol. The van der Waals surface area contributed by atoms with E-state index in [1.54, 1.807) is 26.0 Å². The minimum absolute atomic E-state index is 0.216. The van der Waals surface area contributed by atoms with Gasteiger partial charge in [0.15, 0.2) is 0 Å². The number of aryl methyl sites for hydroxylation is 1. The first-order chi connectivity index (χ1) is 13.4. The summed E-state index contributed by atoms with van der Waals surface area (Å²) in [4.78, 5) is 0. The zero-order valence-electron chi connectivity index (χ0n) is 16.7. The van der Waals surface area contributed by atoms with Crippen LogP contribution in [0.4, 0.5) is 4.39 Å². The van der Waals surface area contributed by atoms with E-state index in [2.05, 4.69) is 53.8 Å². The van der Waals surface area contributed by atoms with Crippen molar-refractivity contribution in [3.63, 3.8) is 0 Å². The molecule has 2 N–H and O–H groups in total. The Bertz CT molecular complexity index is 741. The quantitative estimate of drug-likeness (QED) is 0.568. The molecule has 0 heterocycles. The van der Waals surface area contributed by atoms with Gasteiger partial charge < -0.3 is 10.4 Å². The predicted molar refractivity (Wildman–Crippen MR) is 114 cm³/mol. The molecular formula is C25H30FNO. The van der Waals surface area contributed by atoms with E-state index in [1.165, 1.54) is 23.3 Å². The summed E-state index contributed by atoms with van der Waals surface area (Å²) in [5.41, 5.74) is 3.07. The molecule has 3 rings (SSSR count). The highest BCUT2D eigenvalue weighted by atomic mass is 19.1. The van der Waals surface area contributed by atoms with Crippen LogP contribution in [-0.4, -0.2) is 10.7 Å². The largest absolute Gasteiger partial charge is 0.390 e. The lowest BCUT2D eigenvalue weighted by Gasteiger charge is -2.16. The molecule has 0 aliphatic heterocycles. The van der Waals surface area contributed by atoms with Crippen LogP contribution in [0.25, 0.3) is 0 Å². The number of halogens is 1. The summed E-state index contributed by atoms with van der Waals surface area (Å²) in [6.07, 6.45) is 1.47. The molecule has 2 nitrogen and oxygen atoms in total. The Morgan fingerprint density at radius 2 is 1.18 bits per heavy atom. The highest BCUT2D eigenvalue weighted by Gasteiger charge is 2.11. The molecule has 0 saturated heterocycles. The molecule has 0 amide bonds. The lowest BCUT2D eigenvalue weighted by Crippen LogP contribution is -2.19. The Hall–Kier alpha value is -2.49. The van der Waals surface area contributed by atoms with Crippen molar-refractivity contribution in [2.24, 2.45) is 0 Å². The van der Waals surface area contributed by atoms with Crippen LogP contribution in [0, 0.1) is 5.82 Å². The molecule has 0 fully saturated rings. The highest BCUT2D eigenvalue weighted by Crippen LogP contribution is 2.13. The molecule has 3 aromatic rings. The molecule has 0 spiro atoms. The van der Waals surface area contributed by atoms with E-state index in [1.807, 2.05) is 12.1 Å². The number of rotatable bonds is 7. The fourth-order valence-corrected chi connectivity index (χ4v) is 2.64. The Morgan fingerprint density at radius 1 is 0.714 bits per heavy atom. The molecule has 148 valence electrons. The van der Waals surface area contributed by atoms with Crippen molar-refractivity contribution < 1.29 is 9.50 Å². The third-order valence-electron chi connectivity index (χ3n) is 4.28. The molecule has 0 atom stereocenters. The van der Waals surface area contributed by atoms with E-state index in [-0.39, 0.29) is 5.82 Å². The minimum atomic E-state index is -0.644. The van der Waals surface area contributed by atoms with Gasteiger partial charge in [-0.2, -0.15) is 0 Å². The lowest BCUT2D eigenvalue weighted by molar-refractivity contribution is 0.0714. The van der Waals surface area contributed by atoms with Gasteiger partial charge in [0, 0.05) is 13.1 Å². The Kier molecular flexibility index (Phi) is 8.86. The number of benzene rings is 3. The summed E-state index contributed by atoms with van der Waals surface area (Å²) in [7, 11) is 0. The van der Waals surface area contributed by atoms with Crippen LogP contribution in [0.2, 0.25) is 0 Å². The van der Waals surface area contributed by atoms with Crippen LogP contribution in [0.5, 0.6) is 0 Å². The summed E-state index contributed by atoms with van der Waals surface area (Å²) < 4.78 is 12.5. The van der Waals surface area contributed by atoms with Crippen LogP contribution in [0.15, 0.2) is 84.9 Å². The summed E-state index contributed by atoms with van der Waals surface area (Å²) in [6, 6.07) is 27.3. The molecule has 0 aliphatic rings. The highest BCUT2D eigenvalue weighted by molar-refractivity contribution is 5.17. The van der Waals surface area contributed by atoms with E-state index in [0.717, 1.165) is 25.1 Å². The van der Waals surface area contributed by atoms with E-state index < -0.39 is 5.60 Å². The molecule has 3 aromatic carbocycles. The van der Waals surface area contributed by atoms with Crippen LogP contribution in [0.1, 0.15) is 37.0 Å². The fraction of sp³-hybridized carbons (Fsp3) is 0.280. The molecule has 0 aliphatic carbocycles. The van der Waals surface area contributed by atoms with Crippen molar-refractivity contribution in [2.75, 3.05) is 0 Å². The molecule has 0 aromatic heterocycles. The van der Waals surface area contributed by atoms with Gasteiger partial charge in [-0.05, 0) is 55.5 Å². The zero-order valence-corrected chi connectivity index (χ0v) is 16.7. The predicted octanol–water partition coefficient (Wildman–Crippen LogP) is 5.51. The van der Waals surface area contributed by atoms with Crippen LogP contribution >= 0.6 is 0 Å². The first-order valence-corrected chi connectivity index (χ1v) is 9.68. The van der Waals surface area contributed by atoms with E-state index >= 15 is 0 Å². The van der Waals surface area contributed by atoms with Crippen molar-refractivity contribution in [3.8, 4) is 0 Å². The smallest absolute Gasteiger partial charge is 0.123 e. The van der Waals surface area contributed by atoms with Gasteiger partial charge >= 0.3 is 0 Å². The first kappa shape index (κ1) is 21.8. The monoisotopic (exact) mass is 379 g/mol. The number of nitrogens with one attached hydrogen (secondary N) is 1. The summed E-state index contributed by atoms with van der Waals surface area (Å²) in [5, 5.41) is 12.9. The second kappa shape index (κ2) is 11.4. The van der Waals surface area contributed by atoms with Crippen LogP contribution in [0.3, 0.4) is 0 Å². The number of hydrogen-bond acceptors (Lipinski definition) is 2. The summed E-state index contributed by atoms with van der Waals surface area (Å²) in [6.45, 7) is 5.40. The molecule has 0 bridgehead atoms. The van der Waals surface area contributed by atoms with Crippen molar-refractivity contribution in [1.82, 2.24) is 5.32 Å². The lowest BCUT2D eigenvalue weighted by atomic mass is 9.99. The SMILES string of the molecule is CC(C)(O)CCc1ccc(F)cc1.c1ccc(CNCc2ccccc2)cc1. The normalized spacial score (nSPS) is 10.9. The fourth-order valence-electron chi connectivity index (χ4n) is 2.64. The summed E-state index contributed by atoms with van der Waals surface area (Å²) >= 11 is 0. The van der Waals surface area contributed by atoms with Crippen molar-refractivity contribution in [3.05, 3.63) is 107 Å². The van der Waals surface area contributed by atoms with Crippen LogP contribution in [-0.2, 0) is 19.5 Å². The standard InChI is InChI=1S/C14H15N.C11H15FO/c1-3-7-13(8-4-1)11-15-12-14-9-5-2-6-10-14;1-11(2,13)8-7-9-3-5-10(12)6-4-9/h1-10,15H,11-12H2;3-6,13H,7-8H2,1-2H3. The van der Waals surface area contributed by atoms with Gasteiger partial charge in [-0.3, -0.25) is 0 Å². The topological polar surface area (TPSA) is 32.3 Å². The van der Waals surface area contributed by atoms with Gasteiger partial charge in [-0.1, -0.05) is 72.8 Å². The average Bonchev–Trinajstić information content (AvgIpc) is 2.69. The van der Waals surface area contributed by atoms with Crippen molar-refractivity contribution in [2.45, 2.75) is 45.4 Å². The molecule has 0 unspecified atom stereocenters. The van der Waals surface area contributed by atoms with E-state index in [9.17, 15) is 9.50 Å². The minimum Gasteiger partial charge on any atom is -0.390 e. The van der Waals surface area contributed by atoms with Gasteiger partial charge in [0.2, 0.25) is 0 Å². The van der Waals surface area contributed by atoms with Gasteiger partial charge in [-0.15, -0.1) is 0 Å². The molecule has 0 saturated carbocycles. The molecule has 28 heavy (non-hydrogen) atoms. The number of hydrogen-bond donors (Lipinski definition) is 2.